The van der Waals surface area contributed by atoms with E-state index in [4.69, 9.17) is 0 Å². The second kappa shape index (κ2) is 12.2. The van der Waals surface area contributed by atoms with E-state index in [1.54, 1.807) is 0 Å². The lowest BCUT2D eigenvalue weighted by Crippen LogP contribution is -2.48. The number of carbonyl (C=O) groups is 2. The van der Waals surface area contributed by atoms with Crippen LogP contribution in [0.2, 0.25) is 0 Å². The molecule has 0 heterocycles. The number of hydrogen-bond donors (Lipinski definition) is 4. The predicted molar refractivity (Wildman–Crippen MR) is 150 cm³/mol. The van der Waals surface area contributed by atoms with Gasteiger partial charge in [-0.3, -0.25) is 9.59 Å². The quantitative estimate of drug-likeness (QED) is 0.273. The average Bonchev–Trinajstić information content (AvgIpc) is 2.85. The molecule has 0 spiro atoms. The van der Waals surface area contributed by atoms with Crippen molar-refractivity contribution in [2.24, 2.45) is 34.5 Å². The molecule has 4 rings (SSSR count). The number of ketones is 2. The summed E-state index contributed by atoms with van der Waals surface area (Å²) >= 11 is 0. The van der Waals surface area contributed by atoms with Crippen LogP contribution in [0.25, 0.3) is 0 Å². The summed E-state index contributed by atoms with van der Waals surface area (Å²) in [6.07, 6.45) is 8.53. The minimum atomic E-state index is -0.926. The maximum Gasteiger partial charge on any atom is 0.161 e. The number of terminal acetylenes is 1. The molecular formula is C32H50O6. The topological polar surface area (TPSA) is 115 Å². The standard InChI is InChI=1S/2C15H24O3.C2H2/c2*1-8-5-6-11(16)14(18)10-7-12(17)9(2)13(8)15(10,3)4;1-2/h2*8,10,12,14,17-18H,5-7H2,1-4H3;1-2H/t8?,10?,12-,14?;8-,10?,12+,14-;/m01./s1. The van der Waals surface area contributed by atoms with Crippen molar-refractivity contribution in [1.82, 2.24) is 0 Å². The SMILES string of the molecule is C#C.CC1=C2C(C)CCC(=O)C(O)C(C[C@@H]1O)C2(C)C.CC1=C2[C@H](C)CCC(=O)[C@H](O)C(C[C@@H]1O)C2(C)C. The van der Waals surface area contributed by atoms with Gasteiger partial charge >= 0.3 is 0 Å². The van der Waals surface area contributed by atoms with Crippen LogP contribution in [0.5, 0.6) is 0 Å². The van der Waals surface area contributed by atoms with Gasteiger partial charge in [0.1, 0.15) is 12.2 Å². The highest BCUT2D eigenvalue weighted by Crippen LogP contribution is 2.52. The van der Waals surface area contributed by atoms with Gasteiger partial charge < -0.3 is 20.4 Å². The molecule has 2 fully saturated rings. The zero-order valence-electron chi connectivity index (χ0n) is 24.6. The van der Waals surface area contributed by atoms with Gasteiger partial charge in [0.15, 0.2) is 11.6 Å². The minimum absolute atomic E-state index is 0.0641. The smallest absolute Gasteiger partial charge is 0.161 e. The van der Waals surface area contributed by atoms with Crippen molar-refractivity contribution < 1.29 is 30.0 Å². The van der Waals surface area contributed by atoms with Crippen LogP contribution in [0, 0.1) is 47.3 Å². The first-order valence-electron chi connectivity index (χ1n) is 14.1. The maximum absolute atomic E-state index is 11.9. The average molecular weight is 531 g/mol. The number of allylic oxidation sites excluding steroid dienone is 2. The summed E-state index contributed by atoms with van der Waals surface area (Å²) in [6, 6.07) is 0. The van der Waals surface area contributed by atoms with E-state index in [2.05, 4.69) is 54.4 Å². The van der Waals surface area contributed by atoms with E-state index in [0.717, 1.165) is 24.0 Å². The lowest BCUT2D eigenvalue weighted by atomic mass is 9.58. The summed E-state index contributed by atoms with van der Waals surface area (Å²) in [7, 11) is 0. The molecule has 4 N–H and O–H groups in total. The van der Waals surface area contributed by atoms with E-state index in [1.165, 1.54) is 11.1 Å². The number of aliphatic hydroxyl groups is 4. The number of aliphatic hydroxyl groups excluding tert-OH is 4. The van der Waals surface area contributed by atoms with E-state index >= 15 is 0 Å². The first-order valence-corrected chi connectivity index (χ1v) is 14.1. The van der Waals surface area contributed by atoms with Crippen molar-refractivity contribution >= 4 is 11.6 Å². The zero-order chi connectivity index (χ0) is 29.3. The second-order valence-electron chi connectivity index (χ2n) is 13.1. The molecule has 6 heteroatoms. The first-order chi connectivity index (χ1) is 17.5. The Hall–Kier alpha value is -1.78. The predicted octanol–water partition coefficient (Wildman–Crippen LogP) is 4.39. The number of hydrogen-bond acceptors (Lipinski definition) is 6. The van der Waals surface area contributed by atoms with Crippen LogP contribution in [-0.4, -0.2) is 56.4 Å². The fraction of sp³-hybridized carbons (Fsp3) is 0.750. The Morgan fingerprint density at radius 1 is 0.658 bits per heavy atom. The van der Waals surface area contributed by atoms with Crippen molar-refractivity contribution in [1.29, 1.82) is 0 Å². The first kappa shape index (κ1) is 32.4. The van der Waals surface area contributed by atoms with Gasteiger partial charge in [-0.05, 0) is 73.3 Å². The van der Waals surface area contributed by atoms with Crippen LogP contribution in [0.3, 0.4) is 0 Å². The molecule has 0 radical (unpaired) electrons. The Morgan fingerprint density at radius 3 is 1.24 bits per heavy atom. The Kier molecular flexibility index (Phi) is 10.4. The number of fused-ring (bicyclic) bond motifs is 4. The molecule has 0 amide bonds. The van der Waals surface area contributed by atoms with Crippen molar-refractivity contribution in [3.63, 3.8) is 0 Å². The highest BCUT2D eigenvalue weighted by molar-refractivity contribution is 5.84. The van der Waals surface area contributed by atoms with Crippen LogP contribution in [0.1, 0.15) is 93.9 Å². The van der Waals surface area contributed by atoms with Crippen LogP contribution in [-0.2, 0) is 9.59 Å². The Labute approximate surface area is 229 Å². The molecule has 4 bridgehead atoms. The fourth-order valence-corrected chi connectivity index (χ4v) is 8.04. The number of Topliss-reactive ketones (excluding diaryl/α,β-unsaturated/α-hetero) is 2. The summed E-state index contributed by atoms with van der Waals surface area (Å²) in [6.45, 7) is 16.6. The summed E-state index contributed by atoms with van der Waals surface area (Å²) in [5.41, 5.74) is 4.17. The zero-order valence-corrected chi connectivity index (χ0v) is 24.6. The molecular weight excluding hydrogens is 480 g/mol. The molecule has 0 aromatic carbocycles. The summed E-state index contributed by atoms with van der Waals surface area (Å²) < 4.78 is 0. The third-order valence-corrected chi connectivity index (χ3v) is 10.1. The van der Waals surface area contributed by atoms with Gasteiger partial charge in [0.05, 0.1) is 12.2 Å². The highest BCUT2D eigenvalue weighted by Gasteiger charge is 2.49. The van der Waals surface area contributed by atoms with Crippen LogP contribution < -0.4 is 0 Å². The monoisotopic (exact) mass is 530 g/mol. The lowest BCUT2D eigenvalue weighted by molar-refractivity contribution is -0.135. The van der Waals surface area contributed by atoms with Gasteiger partial charge in [-0.2, -0.15) is 0 Å². The molecule has 0 aliphatic heterocycles. The van der Waals surface area contributed by atoms with E-state index < -0.39 is 24.4 Å². The third kappa shape index (κ3) is 5.87. The normalized spacial score (nSPS) is 38.4. The van der Waals surface area contributed by atoms with Gasteiger partial charge in [-0.1, -0.05) is 52.7 Å². The van der Waals surface area contributed by atoms with Gasteiger partial charge in [-0.15, -0.1) is 12.8 Å². The van der Waals surface area contributed by atoms with Gasteiger partial charge in [-0.25, -0.2) is 0 Å². The van der Waals surface area contributed by atoms with Crippen LogP contribution >= 0.6 is 0 Å². The summed E-state index contributed by atoms with van der Waals surface area (Å²) in [4.78, 5) is 23.9. The van der Waals surface area contributed by atoms with Gasteiger partial charge in [0.2, 0.25) is 0 Å². The molecule has 4 aliphatic rings. The van der Waals surface area contributed by atoms with E-state index in [-0.39, 0.29) is 34.2 Å². The molecule has 0 aromatic rings. The molecule has 0 saturated heterocycles. The van der Waals surface area contributed by atoms with E-state index in [9.17, 15) is 30.0 Å². The van der Waals surface area contributed by atoms with Gasteiger partial charge in [0, 0.05) is 24.7 Å². The molecule has 4 unspecified atom stereocenters. The highest BCUT2D eigenvalue weighted by atomic mass is 16.3. The van der Waals surface area contributed by atoms with Crippen molar-refractivity contribution in [3.05, 3.63) is 22.3 Å². The number of rotatable bonds is 0. The summed E-state index contributed by atoms with van der Waals surface area (Å²) in [5.74, 6) is 0.141. The van der Waals surface area contributed by atoms with E-state index in [1.807, 2.05) is 13.8 Å². The second-order valence-corrected chi connectivity index (χ2v) is 13.1. The maximum atomic E-state index is 11.9. The summed E-state index contributed by atoms with van der Waals surface area (Å²) in [5, 5.41) is 40.8. The Bertz CT molecular complexity index is 907. The molecule has 214 valence electrons. The number of carbonyl (C=O) groups excluding carboxylic acids is 2. The molecule has 0 aromatic heterocycles. The molecule has 2 saturated carbocycles. The van der Waals surface area contributed by atoms with Crippen LogP contribution in [0.15, 0.2) is 22.3 Å². The fourth-order valence-electron chi connectivity index (χ4n) is 8.04. The van der Waals surface area contributed by atoms with Crippen molar-refractivity contribution in [2.75, 3.05) is 0 Å². The van der Waals surface area contributed by atoms with E-state index in [0.29, 0.717) is 37.5 Å². The van der Waals surface area contributed by atoms with Crippen molar-refractivity contribution in [2.45, 2.75) is 118 Å². The molecule has 38 heavy (non-hydrogen) atoms. The third-order valence-electron chi connectivity index (χ3n) is 10.1. The molecule has 4 aliphatic carbocycles. The Morgan fingerprint density at radius 2 is 0.947 bits per heavy atom. The van der Waals surface area contributed by atoms with Crippen LogP contribution in [0.4, 0.5) is 0 Å². The van der Waals surface area contributed by atoms with Gasteiger partial charge in [0.25, 0.3) is 0 Å². The van der Waals surface area contributed by atoms with Crippen molar-refractivity contribution in [3.8, 4) is 12.8 Å². The minimum Gasteiger partial charge on any atom is -0.389 e. The lowest BCUT2D eigenvalue weighted by Gasteiger charge is -2.48. The molecule has 8 atom stereocenters. The largest absolute Gasteiger partial charge is 0.389 e. The molecule has 6 nitrogen and oxygen atoms in total. The Balaban J connectivity index is 0.000000251.